The lowest BCUT2D eigenvalue weighted by molar-refractivity contribution is -0.116. The summed E-state index contributed by atoms with van der Waals surface area (Å²) in [6.45, 7) is 0.736. The van der Waals surface area contributed by atoms with Crippen molar-refractivity contribution in [3.05, 3.63) is 24.4 Å². The van der Waals surface area contributed by atoms with E-state index in [0.717, 1.165) is 32.2 Å². The summed E-state index contributed by atoms with van der Waals surface area (Å²) in [5, 5.41) is 2.76. The molecule has 16 heavy (non-hydrogen) atoms. The highest BCUT2D eigenvalue weighted by molar-refractivity contribution is 5.89. The molecule has 3 N–H and O–H groups in total. The summed E-state index contributed by atoms with van der Waals surface area (Å²) >= 11 is 0. The van der Waals surface area contributed by atoms with Gasteiger partial charge in [-0.3, -0.25) is 4.79 Å². The zero-order valence-electron chi connectivity index (χ0n) is 9.48. The Labute approximate surface area is 96.3 Å². The van der Waals surface area contributed by atoms with Crippen LogP contribution in [-0.4, -0.2) is 17.4 Å². The van der Waals surface area contributed by atoms with Crippen LogP contribution in [0.25, 0.3) is 0 Å². The summed E-state index contributed by atoms with van der Waals surface area (Å²) in [6.07, 6.45) is 6.35. The second kappa shape index (κ2) is 7.82. The van der Waals surface area contributed by atoms with Crippen LogP contribution in [0.4, 0.5) is 5.82 Å². The molecule has 4 heteroatoms. The molecule has 0 bridgehead atoms. The molecule has 0 spiro atoms. The lowest BCUT2D eigenvalue weighted by Gasteiger charge is -2.03. The Morgan fingerprint density at radius 1 is 1.25 bits per heavy atom. The Morgan fingerprint density at radius 2 is 2.06 bits per heavy atom. The van der Waals surface area contributed by atoms with Crippen molar-refractivity contribution in [2.24, 2.45) is 5.73 Å². The molecular weight excluding hydrogens is 202 g/mol. The first kappa shape index (κ1) is 12.6. The minimum Gasteiger partial charge on any atom is -0.330 e. The molecule has 1 rings (SSSR count). The van der Waals surface area contributed by atoms with Crippen molar-refractivity contribution in [1.82, 2.24) is 4.98 Å². The molecule has 0 aromatic carbocycles. The monoisotopic (exact) mass is 221 g/mol. The number of carbonyl (C=O) groups is 1. The Balaban J connectivity index is 2.12. The second-order valence-electron chi connectivity index (χ2n) is 3.72. The van der Waals surface area contributed by atoms with Crippen molar-refractivity contribution in [3.63, 3.8) is 0 Å². The normalized spacial score (nSPS) is 10.1. The molecule has 0 radical (unpaired) electrons. The van der Waals surface area contributed by atoms with Crippen molar-refractivity contribution >= 4 is 11.7 Å². The number of nitrogens with one attached hydrogen (secondary N) is 1. The molecule has 4 nitrogen and oxygen atoms in total. The fourth-order valence-electron chi connectivity index (χ4n) is 1.43. The first-order chi connectivity index (χ1) is 7.83. The van der Waals surface area contributed by atoms with Crippen LogP contribution in [0, 0.1) is 0 Å². The van der Waals surface area contributed by atoms with E-state index in [2.05, 4.69) is 10.3 Å². The van der Waals surface area contributed by atoms with E-state index < -0.39 is 0 Å². The zero-order valence-corrected chi connectivity index (χ0v) is 9.48. The average molecular weight is 221 g/mol. The van der Waals surface area contributed by atoms with Crippen LogP contribution in [0.5, 0.6) is 0 Å². The smallest absolute Gasteiger partial charge is 0.225 e. The summed E-state index contributed by atoms with van der Waals surface area (Å²) < 4.78 is 0. The van der Waals surface area contributed by atoms with Gasteiger partial charge in [-0.05, 0) is 31.5 Å². The van der Waals surface area contributed by atoms with Gasteiger partial charge in [0.2, 0.25) is 5.91 Å². The molecule has 1 amide bonds. The number of hydrogen-bond acceptors (Lipinski definition) is 3. The number of amides is 1. The van der Waals surface area contributed by atoms with Gasteiger partial charge in [-0.1, -0.05) is 18.9 Å². The topological polar surface area (TPSA) is 68.0 Å². The molecule has 0 aliphatic heterocycles. The first-order valence-corrected chi connectivity index (χ1v) is 5.74. The summed E-state index contributed by atoms with van der Waals surface area (Å²) in [4.78, 5) is 15.5. The Kier molecular flexibility index (Phi) is 6.18. The van der Waals surface area contributed by atoms with Crippen LogP contribution in [0.1, 0.15) is 32.1 Å². The van der Waals surface area contributed by atoms with E-state index in [4.69, 9.17) is 5.73 Å². The van der Waals surface area contributed by atoms with E-state index in [9.17, 15) is 4.79 Å². The number of aromatic nitrogens is 1. The molecule has 1 heterocycles. The van der Waals surface area contributed by atoms with Gasteiger partial charge in [-0.2, -0.15) is 0 Å². The standard InChI is InChI=1S/C12H19N3O/c13-9-5-2-1-3-8-12(16)15-11-7-4-6-10-14-11/h4,6-7,10H,1-3,5,8-9,13H2,(H,14,15,16). The van der Waals surface area contributed by atoms with Crippen molar-refractivity contribution in [2.75, 3.05) is 11.9 Å². The number of nitrogens with zero attached hydrogens (tertiary/aromatic N) is 1. The maximum atomic E-state index is 11.5. The van der Waals surface area contributed by atoms with Gasteiger partial charge in [0, 0.05) is 12.6 Å². The lowest BCUT2D eigenvalue weighted by atomic mass is 10.1. The van der Waals surface area contributed by atoms with Gasteiger partial charge in [-0.25, -0.2) is 4.98 Å². The molecule has 0 aliphatic carbocycles. The van der Waals surface area contributed by atoms with E-state index in [0.29, 0.717) is 12.2 Å². The number of anilines is 1. The molecule has 88 valence electrons. The highest BCUT2D eigenvalue weighted by atomic mass is 16.1. The third-order valence-corrected chi connectivity index (χ3v) is 2.29. The van der Waals surface area contributed by atoms with Gasteiger partial charge in [-0.15, -0.1) is 0 Å². The van der Waals surface area contributed by atoms with E-state index in [-0.39, 0.29) is 5.91 Å². The summed E-state index contributed by atoms with van der Waals surface area (Å²) in [7, 11) is 0. The summed E-state index contributed by atoms with van der Waals surface area (Å²) in [5.74, 6) is 0.654. The average Bonchev–Trinajstić information content (AvgIpc) is 2.30. The van der Waals surface area contributed by atoms with Crippen molar-refractivity contribution in [2.45, 2.75) is 32.1 Å². The molecule has 0 saturated carbocycles. The molecule has 0 saturated heterocycles. The van der Waals surface area contributed by atoms with E-state index in [1.54, 1.807) is 12.3 Å². The van der Waals surface area contributed by atoms with E-state index in [1.165, 1.54) is 0 Å². The van der Waals surface area contributed by atoms with Crippen molar-refractivity contribution in [3.8, 4) is 0 Å². The number of nitrogens with two attached hydrogens (primary N) is 1. The number of hydrogen-bond donors (Lipinski definition) is 2. The maximum Gasteiger partial charge on any atom is 0.225 e. The predicted octanol–water partition coefficient (Wildman–Crippen LogP) is 1.93. The number of rotatable bonds is 7. The van der Waals surface area contributed by atoms with Crippen LogP contribution >= 0.6 is 0 Å². The molecule has 0 unspecified atom stereocenters. The second-order valence-corrected chi connectivity index (χ2v) is 3.72. The van der Waals surface area contributed by atoms with Crippen molar-refractivity contribution < 1.29 is 4.79 Å². The fraction of sp³-hybridized carbons (Fsp3) is 0.500. The van der Waals surface area contributed by atoms with E-state index >= 15 is 0 Å². The van der Waals surface area contributed by atoms with Crippen LogP contribution in [0.15, 0.2) is 24.4 Å². The number of unbranched alkanes of at least 4 members (excludes halogenated alkanes) is 3. The Morgan fingerprint density at radius 3 is 2.75 bits per heavy atom. The number of carbonyl (C=O) groups excluding carboxylic acids is 1. The van der Waals surface area contributed by atoms with Crippen LogP contribution in [0.3, 0.4) is 0 Å². The largest absolute Gasteiger partial charge is 0.330 e. The Bertz CT molecular complexity index is 300. The van der Waals surface area contributed by atoms with Gasteiger partial charge < -0.3 is 11.1 Å². The summed E-state index contributed by atoms with van der Waals surface area (Å²) in [6, 6.07) is 5.46. The zero-order chi connectivity index (χ0) is 11.6. The lowest BCUT2D eigenvalue weighted by Crippen LogP contribution is -2.12. The molecule has 0 atom stereocenters. The summed E-state index contributed by atoms with van der Waals surface area (Å²) in [5.41, 5.74) is 5.39. The third-order valence-electron chi connectivity index (χ3n) is 2.29. The number of pyridine rings is 1. The highest BCUT2D eigenvalue weighted by Gasteiger charge is 2.01. The molecule has 0 fully saturated rings. The SMILES string of the molecule is NCCCCCCC(=O)Nc1ccccn1. The van der Waals surface area contributed by atoms with E-state index in [1.807, 2.05) is 12.1 Å². The minimum atomic E-state index is 0.0337. The third kappa shape index (κ3) is 5.46. The van der Waals surface area contributed by atoms with Gasteiger partial charge in [0.1, 0.15) is 5.82 Å². The highest BCUT2D eigenvalue weighted by Crippen LogP contribution is 2.05. The molecular formula is C12H19N3O. The van der Waals surface area contributed by atoms with Gasteiger partial charge >= 0.3 is 0 Å². The molecule has 0 aliphatic rings. The fourth-order valence-corrected chi connectivity index (χ4v) is 1.43. The van der Waals surface area contributed by atoms with Gasteiger partial charge in [0.25, 0.3) is 0 Å². The Hall–Kier alpha value is -1.42. The molecule has 1 aromatic rings. The first-order valence-electron chi connectivity index (χ1n) is 5.74. The van der Waals surface area contributed by atoms with Crippen molar-refractivity contribution in [1.29, 1.82) is 0 Å². The quantitative estimate of drug-likeness (QED) is 0.691. The maximum absolute atomic E-state index is 11.5. The van der Waals surface area contributed by atoms with Gasteiger partial charge in [0.15, 0.2) is 0 Å². The predicted molar refractivity (Wildman–Crippen MR) is 65.0 cm³/mol. The van der Waals surface area contributed by atoms with Crippen LogP contribution in [0.2, 0.25) is 0 Å². The van der Waals surface area contributed by atoms with Crippen LogP contribution in [-0.2, 0) is 4.79 Å². The van der Waals surface area contributed by atoms with Gasteiger partial charge in [0.05, 0.1) is 0 Å². The van der Waals surface area contributed by atoms with Crippen LogP contribution < -0.4 is 11.1 Å². The molecule has 1 aromatic heterocycles. The minimum absolute atomic E-state index is 0.0337.